The molecule has 0 aliphatic rings. The first-order valence-electron chi connectivity index (χ1n) is 7.70. The van der Waals surface area contributed by atoms with Crippen molar-refractivity contribution in [2.45, 2.75) is 22.6 Å². The highest BCUT2D eigenvalue weighted by Crippen LogP contribution is 2.21. The highest BCUT2D eigenvalue weighted by Gasteiger charge is 2.48. The van der Waals surface area contributed by atoms with Gasteiger partial charge in [-0.2, -0.15) is 0 Å². The topological polar surface area (TPSA) is 182 Å². The Kier molecular flexibility index (Phi) is 7.68. The van der Waals surface area contributed by atoms with Crippen molar-refractivity contribution >= 4 is 27.6 Å². The van der Waals surface area contributed by atoms with Crippen molar-refractivity contribution in [3.8, 4) is 0 Å². The minimum absolute atomic E-state index is 0.141. The number of carbonyl (C=O) groups excluding carboxylic acids is 2. The summed E-state index contributed by atoms with van der Waals surface area (Å²) in [5.41, 5.74) is 10.9. The summed E-state index contributed by atoms with van der Waals surface area (Å²) in [6.45, 7) is -0.979. The third kappa shape index (κ3) is 5.25. The largest absolute Gasteiger partial charge is 0.479 e. The molecule has 26 heavy (non-hydrogen) atoms. The van der Waals surface area contributed by atoms with Crippen LogP contribution in [0.5, 0.6) is 0 Å². The van der Waals surface area contributed by atoms with Crippen molar-refractivity contribution in [3.05, 3.63) is 30.3 Å². The molecule has 0 bridgehead atoms. The van der Waals surface area contributed by atoms with Gasteiger partial charge in [0.15, 0.2) is 0 Å². The van der Waals surface area contributed by atoms with Gasteiger partial charge in [0.05, 0.1) is 18.0 Å². The van der Waals surface area contributed by atoms with E-state index in [0.29, 0.717) is 13.0 Å². The molecular weight excluding hydrogens is 364 g/mol. The lowest BCUT2D eigenvalue weighted by Gasteiger charge is -2.25. The normalized spacial score (nSPS) is 13.5. The molecule has 0 heterocycles. The second-order valence-corrected chi connectivity index (χ2v) is 7.66. The maximum Gasteiger partial charge on any atom is 0.341 e. The van der Waals surface area contributed by atoms with Crippen molar-refractivity contribution in [2.24, 2.45) is 11.5 Å². The zero-order valence-electron chi connectivity index (χ0n) is 14.0. The van der Waals surface area contributed by atoms with Crippen molar-refractivity contribution in [2.75, 3.05) is 19.6 Å². The van der Waals surface area contributed by atoms with Gasteiger partial charge >= 0.3 is 5.97 Å². The van der Waals surface area contributed by atoms with Crippen LogP contribution in [-0.2, 0) is 24.2 Å². The summed E-state index contributed by atoms with van der Waals surface area (Å²) in [7, 11) is -4.48. The number of sulfone groups is 1. The lowest BCUT2D eigenvalue weighted by Crippen LogP contribution is -2.61. The van der Waals surface area contributed by atoms with Gasteiger partial charge in [0.25, 0.3) is 0 Å². The predicted molar refractivity (Wildman–Crippen MR) is 92.5 cm³/mol. The Bertz CT molecular complexity index is 753. The SMILES string of the molecule is NCCCC(=O)NCC(=O)NC[C@@](N)(C(=O)O)S(=O)(=O)c1ccccc1. The number of hydrogen-bond acceptors (Lipinski definition) is 7. The lowest BCUT2D eigenvalue weighted by atomic mass is 10.3. The van der Waals surface area contributed by atoms with Crippen molar-refractivity contribution in [1.29, 1.82) is 0 Å². The Balaban J connectivity index is 2.78. The number of carbonyl (C=O) groups is 3. The highest BCUT2D eigenvalue weighted by atomic mass is 32.2. The van der Waals surface area contributed by atoms with Gasteiger partial charge in [0.2, 0.25) is 26.5 Å². The van der Waals surface area contributed by atoms with E-state index in [0.717, 1.165) is 0 Å². The molecule has 1 aromatic rings. The van der Waals surface area contributed by atoms with E-state index in [1.54, 1.807) is 6.07 Å². The second kappa shape index (κ2) is 9.27. The molecule has 0 unspecified atom stereocenters. The molecule has 0 aliphatic heterocycles. The summed E-state index contributed by atoms with van der Waals surface area (Å²) in [5.74, 6) is -2.99. The monoisotopic (exact) mass is 386 g/mol. The van der Waals surface area contributed by atoms with Crippen LogP contribution in [-0.4, -0.2) is 55.8 Å². The van der Waals surface area contributed by atoms with Crippen molar-refractivity contribution < 1.29 is 27.9 Å². The van der Waals surface area contributed by atoms with E-state index in [-0.39, 0.29) is 11.3 Å². The van der Waals surface area contributed by atoms with Gasteiger partial charge in [-0.15, -0.1) is 0 Å². The number of aliphatic carboxylic acids is 1. The number of hydrogen-bond donors (Lipinski definition) is 5. The van der Waals surface area contributed by atoms with Gasteiger partial charge in [-0.3, -0.25) is 9.59 Å². The minimum atomic E-state index is -4.48. The van der Waals surface area contributed by atoms with E-state index in [9.17, 15) is 27.9 Å². The average molecular weight is 386 g/mol. The molecule has 0 fully saturated rings. The van der Waals surface area contributed by atoms with Gasteiger partial charge in [-0.05, 0) is 25.1 Å². The Labute approximate surface area is 150 Å². The molecule has 11 heteroatoms. The standard InChI is InChI=1S/C15H22N4O6S/c16-8-4-7-12(20)18-9-13(21)19-10-15(17,14(22)23)26(24,25)11-5-2-1-3-6-11/h1-3,5-6H,4,7-10,16-17H2,(H,18,20)(H,19,21)(H,22,23)/t15-/m0/s1. The van der Waals surface area contributed by atoms with Gasteiger partial charge in [0.1, 0.15) is 0 Å². The fraction of sp³-hybridized carbons (Fsp3) is 0.400. The van der Waals surface area contributed by atoms with Crippen molar-refractivity contribution in [1.82, 2.24) is 10.6 Å². The molecule has 7 N–H and O–H groups in total. The third-order valence-corrected chi connectivity index (χ3v) is 5.67. The molecule has 2 amide bonds. The molecule has 1 rings (SSSR count). The number of amides is 2. The molecule has 0 aliphatic carbocycles. The highest BCUT2D eigenvalue weighted by molar-refractivity contribution is 7.93. The lowest BCUT2D eigenvalue weighted by molar-refractivity contribution is -0.140. The van der Waals surface area contributed by atoms with Gasteiger partial charge in [0, 0.05) is 6.42 Å². The predicted octanol–water partition coefficient (Wildman–Crippen LogP) is -1.83. The first-order chi connectivity index (χ1) is 12.1. The molecule has 0 saturated heterocycles. The summed E-state index contributed by atoms with van der Waals surface area (Å²) < 4.78 is 25.1. The van der Waals surface area contributed by atoms with Crippen LogP contribution in [0.15, 0.2) is 35.2 Å². The minimum Gasteiger partial charge on any atom is -0.479 e. The molecule has 0 saturated carbocycles. The van der Waals surface area contributed by atoms with Crippen LogP contribution in [0.3, 0.4) is 0 Å². The third-order valence-electron chi connectivity index (χ3n) is 3.50. The molecule has 1 aromatic carbocycles. The molecule has 0 radical (unpaired) electrons. The van der Waals surface area contributed by atoms with E-state index in [2.05, 4.69) is 10.6 Å². The summed E-state index contributed by atoms with van der Waals surface area (Å²) in [4.78, 5) is 31.6. The maximum atomic E-state index is 12.6. The number of carboxylic acid groups (broad SMARTS) is 1. The van der Waals surface area contributed by atoms with E-state index in [1.807, 2.05) is 0 Å². The van der Waals surface area contributed by atoms with E-state index >= 15 is 0 Å². The Morgan fingerprint density at radius 1 is 1.08 bits per heavy atom. The maximum absolute atomic E-state index is 12.6. The fourth-order valence-corrected chi connectivity index (χ4v) is 3.35. The Hall–Kier alpha value is -2.50. The first-order valence-corrected chi connectivity index (χ1v) is 9.19. The number of nitrogens with two attached hydrogens (primary N) is 2. The first kappa shape index (κ1) is 21.5. The van der Waals surface area contributed by atoms with E-state index in [1.165, 1.54) is 24.3 Å². The van der Waals surface area contributed by atoms with Gasteiger partial charge in [-0.25, -0.2) is 13.2 Å². The molecule has 0 aromatic heterocycles. The summed E-state index contributed by atoms with van der Waals surface area (Å²) >= 11 is 0. The molecule has 0 spiro atoms. The van der Waals surface area contributed by atoms with Crippen LogP contribution in [0.4, 0.5) is 0 Å². The number of nitrogens with one attached hydrogen (secondary N) is 2. The van der Waals surface area contributed by atoms with Crippen LogP contribution in [0.25, 0.3) is 0 Å². The Morgan fingerprint density at radius 2 is 1.69 bits per heavy atom. The second-order valence-electron chi connectivity index (χ2n) is 5.46. The molecule has 10 nitrogen and oxygen atoms in total. The number of rotatable bonds is 10. The van der Waals surface area contributed by atoms with Gasteiger partial charge in [-0.1, -0.05) is 18.2 Å². The number of carboxylic acids is 1. The van der Waals surface area contributed by atoms with Crippen LogP contribution < -0.4 is 22.1 Å². The van der Waals surface area contributed by atoms with Crippen LogP contribution in [0, 0.1) is 0 Å². The van der Waals surface area contributed by atoms with Crippen LogP contribution in [0.1, 0.15) is 12.8 Å². The molecule has 1 atom stereocenters. The van der Waals surface area contributed by atoms with E-state index in [4.69, 9.17) is 11.5 Å². The average Bonchev–Trinajstić information content (AvgIpc) is 2.62. The zero-order valence-corrected chi connectivity index (χ0v) is 14.8. The van der Waals surface area contributed by atoms with Crippen molar-refractivity contribution in [3.63, 3.8) is 0 Å². The number of benzene rings is 1. The zero-order chi connectivity index (χ0) is 19.8. The smallest absolute Gasteiger partial charge is 0.341 e. The fourth-order valence-electron chi connectivity index (χ4n) is 1.92. The quantitative estimate of drug-likeness (QED) is 0.311. The van der Waals surface area contributed by atoms with Gasteiger partial charge < -0.3 is 27.2 Å². The molecular formula is C15H22N4O6S. The summed E-state index contributed by atoms with van der Waals surface area (Å²) in [6.07, 6.45) is 0.593. The summed E-state index contributed by atoms with van der Waals surface area (Å²) in [6, 6.07) is 6.82. The van der Waals surface area contributed by atoms with Crippen LogP contribution >= 0.6 is 0 Å². The van der Waals surface area contributed by atoms with Crippen LogP contribution in [0.2, 0.25) is 0 Å². The Morgan fingerprint density at radius 3 is 2.23 bits per heavy atom. The molecule has 144 valence electrons. The summed E-state index contributed by atoms with van der Waals surface area (Å²) in [5, 5.41) is 13.8. The van der Waals surface area contributed by atoms with E-state index < -0.39 is 45.6 Å².